The van der Waals surface area contributed by atoms with E-state index in [1.165, 1.54) is 11.3 Å². The molecular weight excluding hydrogens is 220 g/mol. The highest BCUT2D eigenvalue weighted by Gasteiger charge is 2.46. The Bertz CT molecular complexity index is 490. The lowest BCUT2D eigenvalue weighted by atomic mass is 10.1. The average molecular weight is 230 g/mol. The molecule has 1 aliphatic heterocycles. The Morgan fingerprint density at radius 1 is 1.12 bits per heavy atom. The van der Waals surface area contributed by atoms with Crippen molar-refractivity contribution in [3.63, 3.8) is 0 Å². The quantitative estimate of drug-likeness (QED) is 0.599. The Morgan fingerprint density at radius 3 is 2.62 bits per heavy atom. The van der Waals surface area contributed by atoms with Crippen LogP contribution >= 0.6 is 11.3 Å². The van der Waals surface area contributed by atoms with E-state index >= 15 is 0 Å². The lowest BCUT2D eigenvalue weighted by Crippen LogP contribution is -2.05. The molecule has 1 aromatic heterocycles. The summed E-state index contributed by atoms with van der Waals surface area (Å²) >= 11 is 1.47. The number of carbonyl (C=O) groups excluding carboxylic acids is 1. The summed E-state index contributed by atoms with van der Waals surface area (Å²) < 4.78 is 5.45. The van der Waals surface area contributed by atoms with Crippen LogP contribution in [0.25, 0.3) is 0 Å². The number of thiophene rings is 1. The fraction of sp³-hybridized carbons (Fsp3) is 0.154. The number of rotatable bonds is 3. The van der Waals surface area contributed by atoms with Gasteiger partial charge in [0.15, 0.2) is 6.10 Å². The van der Waals surface area contributed by atoms with Crippen molar-refractivity contribution < 1.29 is 9.53 Å². The molecule has 1 fully saturated rings. The molecule has 0 spiro atoms. The monoisotopic (exact) mass is 230 g/mol. The van der Waals surface area contributed by atoms with E-state index in [2.05, 4.69) is 0 Å². The smallest absolute Gasteiger partial charge is 0.204 e. The van der Waals surface area contributed by atoms with Gasteiger partial charge in [-0.1, -0.05) is 36.4 Å². The van der Waals surface area contributed by atoms with Crippen molar-refractivity contribution in [1.29, 1.82) is 0 Å². The van der Waals surface area contributed by atoms with Gasteiger partial charge in [0.1, 0.15) is 6.10 Å². The van der Waals surface area contributed by atoms with Crippen LogP contribution in [0.5, 0.6) is 0 Å². The van der Waals surface area contributed by atoms with Crippen LogP contribution < -0.4 is 0 Å². The highest BCUT2D eigenvalue weighted by atomic mass is 32.1. The van der Waals surface area contributed by atoms with Gasteiger partial charge in [0.05, 0.1) is 4.88 Å². The Labute approximate surface area is 97.5 Å². The number of ketones is 1. The van der Waals surface area contributed by atoms with Gasteiger partial charge in [0, 0.05) is 0 Å². The molecule has 1 aromatic carbocycles. The standard InChI is InChI=1S/C13H10O2S/c14-11(10-7-4-8-16-10)13-12(15-13)9-5-2-1-3-6-9/h1-8,12-13H. The second-order valence-corrected chi connectivity index (χ2v) is 4.68. The van der Waals surface area contributed by atoms with Crippen LogP contribution in [0.2, 0.25) is 0 Å². The molecule has 2 atom stereocenters. The van der Waals surface area contributed by atoms with Gasteiger partial charge in [0.25, 0.3) is 0 Å². The van der Waals surface area contributed by atoms with Crippen molar-refractivity contribution in [2.45, 2.75) is 12.2 Å². The molecule has 16 heavy (non-hydrogen) atoms. The maximum absolute atomic E-state index is 11.9. The molecule has 3 rings (SSSR count). The average Bonchev–Trinajstić information content (AvgIpc) is 2.95. The maximum atomic E-state index is 11.9. The molecule has 0 bridgehead atoms. The van der Waals surface area contributed by atoms with E-state index in [0.29, 0.717) is 0 Å². The summed E-state index contributed by atoms with van der Waals surface area (Å²) in [6.45, 7) is 0. The molecule has 1 aliphatic rings. The molecule has 2 aromatic rings. The first kappa shape index (κ1) is 9.75. The Kier molecular flexibility index (Phi) is 2.35. The van der Waals surface area contributed by atoms with Gasteiger partial charge < -0.3 is 4.74 Å². The highest BCUT2D eigenvalue weighted by molar-refractivity contribution is 7.12. The zero-order valence-corrected chi connectivity index (χ0v) is 9.31. The minimum atomic E-state index is -0.277. The van der Waals surface area contributed by atoms with Gasteiger partial charge in [-0.15, -0.1) is 11.3 Å². The predicted molar refractivity (Wildman–Crippen MR) is 62.7 cm³/mol. The van der Waals surface area contributed by atoms with Crippen molar-refractivity contribution in [1.82, 2.24) is 0 Å². The normalized spacial score (nSPS) is 23.0. The minimum Gasteiger partial charge on any atom is -0.356 e. The van der Waals surface area contributed by atoms with E-state index in [1.54, 1.807) is 0 Å². The summed E-state index contributed by atoms with van der Waals surface area (Å²) in [6, 6.07) is 13.6. The molecule has 3 heteroatoms. The number of epoxide rings is 1. The fourth-order valence-electron chi connectivity index (χ4n) is 1.77. The summed E-state index contributed by atoms with van der Waals surface area (Å²) in [5, 5.41) is 1.91. The summed E-state index contributed by atoms with van der Waals surface area (Å²) in [7, 11) is 0. The van der Waals surface area contributed by atoms with Gasteiger partial charge >= 0.3 is 0 Å². The van der Waals surface area contributed by atoms with Crippen molar-refractivity contribution in [2.24, 2.45) is 0 Å². The van der Waals surface area contributed by atoms with Gasteiger partial charge in [-0.05, 0) is 17.0 Å². The van der Waals surface area contributed by atoms with E-state index in [0.717, 1.165) is 10.4 Å². The molecule has 80 valence electrons. The van der Waals surface area contributed by atoms with Crippen molar-refractivity contribution in [2.75, 3.05) is 0 Å². The number of ether oxygens (including phenoxy) is 1. The molecular formula is C13H10O2S. The van der Waals surface area contributed by atoms with Crippen LogP contribution in [-0.2, 0) is 4.74 Å². The zero-order valence-electron chi connectivity index (χ0n) is 8.50. The SMILES string of the molecule is O=C(c1cccs1)C1OC1c1ccccc1. The second kappa shape index (κ2) is 3.85. The van der Waals surface area contributed by atoms with Crippen LogP contribution in [-0.4, -0.2) is 11.9 Å². The van der Waals surface area contributed by atoms with Gasteiger partial charge in [-0.2, -0.15) is 0 Å². The number of carbonyl (C=O) groups is 1. The summed E-state index contributed by atoms with van der Waals surface area (Å²) in [6.07, 6.45) is -0.322. The highest BCUT2D eigenvalue weighted by Crippen LogP contribution is 2.40. The molecule has 2 unspecified atom stereocenters. The maximum Gasteiger partial charge on any atom is 0.204 e. The molecule has 0 aliphatic carbocycles. The zero-order chi connectivity index (χ0) is 11.0. The predicted octanol–water partition coefficient (Wildman–Crippen LogP) is 3.07. The first-order chi connectivity index (χ1) is 7.86. The number of hydrogen-bond donors (Lipinski definition) is 0. The lowest BCUT2D eigenvalue weighted by molar-refractivity contribution is 0.0957. The van der Waals surface area contributed by atoms with E-state index in [9.17, 15) is 4.79 Å². The third-order valence-electron chi connectivity index (χ3n) is 2.64. The largest absolute Gasteiger partial charge is 0.356 e. The number of Topliss-reactive ketones (excluding diaryl/α,β-unsaturated/α-hetero) is 1. The first-order valence-electron chi connectivity index (χ1n) is 5.14. The van der Waals surface area contributed by atoms with E-state index in [-0.39, 0.29) is 18.0 Å². The van der Waals surface area contributed by atoms with Crippen molar-refractivity contribution in [3.8, 4) is 0 Å². The van der Waals surface area contributed by atoms with Crippen LogP contribution in [0, 0.1) is 0 Å². The number of benzene rings is 1. The number of hydrogen-bond acceptors (Lipinski definition) is 3. The summed E-state index contributed by atoms with van der Waals surface area (Å²) in [5.74, 6) is 0.101. The molecule has 2 nitrogen and oxygen atoms in total. The Balaban J connectivity index is 1.75. The third-order valence-corrected chi connectivity index (χ3v) is 3.53. The molecule has 0 radical (unpaired) electrons. The second-order valence-electron chi connectivity index (χ2n) is 3.73. The van der Waals surface area contributed by atoms with Crippen molar-refractivity contribution in [3.05, 3.63) is 58.3 Å². The molecule has 0 saturated carbocycles. The molecule has 0 amide bonds. The third kappa shape index (κ3) is 1.68. The molecule has 0 N–H and O–H groups in total. The Morgan fingerprint density at radius 2 is 1.94 bits per heavy atom. The van der Waals surface area contributed by atoms with Crippen LogP contribution in [0.3, 0.4) is 0 Å². The van der Waals surface area contributed by atoms with Crippen molar-refractivity contribution >= 4 is 17.1 Å². The van der Waals surface area contributed by atoms with Gasteiger partial charge in [-0.25, -0.2) is 0 Å². The van der Waals surface area contributed by atoms with E-state index in [4.69, 9.17) is 4.74 Å². The summed E-state index contributed by atoms with van der Waals surface area (Å²) in [4.78, 5) is 12.7. The fourth-order valence-corrected chi connectivity index (χ4v) is 2.46. The summed E-state index contributed by atoms with van der Waals surface area (Å²) in [5.41, 5.74) is 1.08. The van der Waals surface area contributed by atoms with E-state index < -0.39 is 0 Å². The van der Waals surface area contributed by atoms with Crippen LogP contribution in [0.4, 0.5) is 0 Å². The van der Waals surface area contributed by atoms with Gasteiger partial charge in [-0.3, -0.25) is 4.79 Å². The van der Waals surface area contributed by atoms with Crippen LogP contribution in [0.1, 0.15) is 21.3 Å². The first-order valence-corrected chi connectivity index (χ1v) is 6.02. The minimum absolute atomic E-state index is 0.0456. The Hall–Kier alpha value is -1.45. The topological polar surface area (TPSA) is 29.6 Å². The van der Waals surface area contributed by atoms with E-state index in [1.807, 2.05) is 47.8 Å². The molecule has 2 heterocycles. The molecule has 1 saturated heterocycles. The lowest BCUT2D eigenvalue weighted by Gasteiger charge is -1.93. The van der Waals surface area contributed by atoms with Gasteiger partial charge in [0.2, 0.25) is 5.78 Å². The van der Waals surface area contributed by atoms with Crippen LogP contribution in [0.15, 0.2) is 47.8 Å².